The van der Waals surface area contributed by atoms with Gasteiger partial charge in [0.25, 0.3) is 5.91 Å². The number of hydrogen-bond donors (Lipinski definition) is 4. The van der Waals surface area contributed by atoms with Crippen LogP contribution in [0, 0.1) is 11.3 Å². The molecule has 0 unspecified atom stereocenters. The molecule has 43 heavy (non-hydrogen) atoms. The van der Waals surface area contributed by atoms with Gasteiger partial charge < -0.3 is 29.8 Å². The third-order valence-corrected chi connectivity index (χ3v) is 7.52. The summed E-state index contributed by atoms with van der Waals surface area (Å²) in [4.78, 5) is 56.9. The molecular formula is C30H33N5O7S. The van der Waals surface area contributed by atoms with Gasteiger partial charge >= 0.3 is 5.97 Å². The van der Waals surface area contributed by atoms with Gasteiger partial charge in [-0.25, -0.2) is 5.48 Å². The summed E-state index contributed by atoms with van der Waals surface area (Å²) in [5.74, 6) is -0.556. The smallest absolute Gasteiger partial charge is 0.329 e. The van der Waals surface area contributed by atoms with Gasteiger partial charge in [-0.3, -0.25) is 24.6 Å². The molecule has 12 nitrogen and oxygen atoms in total. The fraction of sp³-hybridized carbons (Fsp3) is 0.300. The molecule has 2 aromatic carbocycles. The average molecular weight is 608 g/mol. The summed E-state index contributed by atoms with van der Waals surface area (Å²) in [7, 11) is 1.57. The lowest BCUT2D eigenvalue weighted by Gasteiger charge is -2.24. The minimum absolute atomic E-state index is 0.0290. The Morgan fingerprint density at radius 2 is 1.72 bits per heavy atom. The van der Waals surface area contributed by atoms with E-state index in [2.05, 4.69) is 21.0 Å². The molecular weight excluding hydrogens is 574 g/mol. The van der Waals surface area contributed by atoms with Gasteiger partial charge in [0.2, 0.25) is 11.8 Å². The first-order valence-electron chi connectivity index (χ1n) is 13.5. The van der Waals surface area contributed by atoms with E-state index in [0.29, 0.717) is 42.2 Å². The highest BCUT2D eigenvalue weighted by molar-refractivity contribution is 7.10. The van der Waals surface area contributed by atoms with Crippen LogP contribution in [0.5, 0.6) is 11.5 Å². The van der Waals surface area contributed by atoms with E-state index in [1.54, 1.807) is 42.8 Å². The SMILES string of the molecule is COC[C@H]1C[C@@H](C(=O)NCc2cc(C(=N)NOC(C)=O)cs2)N(C(=O)CNC(=O)c2ccc(Oc3ccccc3)cc2)C1. The van der Waals surface area contributed by atoms with Crippen LogP contribution in [0.4, 0.5) is 0 Å². The molecule has 0 radical (unpaired) electrons. The number of nitrogens with zero attached hydrogens (tertiary/aromatic N) is 1. The van der Waals surface area contributed by atoms with Crippen molar-refractivity contribution in [3.8, 4) is 11.5 Å². The van der Waals surface area contributed by atoms with Crippen LogP contribution in [0.1, 0.15) is 34.1 Å². The van der Waals surface area contributed by atoms with Gasteiger partial charge in [-0.15, -0.1) is 11.3 Å². The third kappa shape index (κ3) is 8.87. The Kier molecular flexibility index (Phi) is 10.8. The van der Waals surface area contributed by atoms with E-state index in [0.717, 1.165) is 4.88 Å². The van der Waals surface area contributed by atoms with Crippen LogP contribution >= 0.6 is 11.3 Å². The van der Waals surface area contributed by atoms with E-state index < -0.39 is 17.9 Å². The molecule has 2 atom stereocenters. The molecule has 1 fully saturated rings. The molecule has 4 rings (SSSR count). The first-order chi connectivity index (χ1) is 20.7. The maximum atomic E-state index is 13.2. The minimum Gasteiger partial charge on any atom is -0.457 e. The number of likely N-dealkylation sites (tertiary alicyclic amines) is 1. The zero-order chi connectivity index (χ0) is 30.8. The number of hydrogen-bond acceptors (Lipinski definition) is 9. The summed E-state index contributed by atoms with van der Waals surface area (Å²) in [6.07, 6.45) is 0.425. The van der Waals surface area contributed by atoms with Crippen molar-refractivity contribution in [2.75, 3.05) is 26.8 Å². The zero-order valence-electron chi connectivity index (χ0n) is 23.8. The van der Waals surface area contributed by atoms with E-state index in [1.807, 2.05) is 30.3 Å². The molecule has 13 heteroatoms. The van der Waals surface area contributed by atoms with Crippen molar-refractivity contribution < 1.29 is 33.5 Å². The predicted molar refractivity (Wildman–Crippen MR) is 159 cm³/mol. The number of carbonyl (C=O) groups excluding carboxylic acids is 4. The first-order valence-corrected chi connectivity index (χ1v) is 14.4. The number of carbonyl (C=O) groups is 4. The number of rotatable bonds is 11. The lowest BCUT2D eigenvalue weighted by Crippen LogP contribution is -2.48. The number of amidine groups is 1. The van der Waals surface area contributed by atoms with Crippen molar-refractivity contribution in [3.05, 3.63) is 82.0 Å². The molecule has 1 aromatic heterocycles. The van der Waals surface area contributed by atoms with Gasteiger partial charge in [-0.1, -0.05) is 18.2 Å². The lowest BCUT2D eigenvalue weighted by atomic mass is 10.1. The van der Waals surface area contributed by atoms with Crippen LogP contribution < -0.4 is 20.9 Å². The van der Waals surface area contributed by atoms with Gasteiger partial charge in [0.1, 0.15) is 17.5 Å². The van der Waals surface area contributed by atoms with Gasteiger partial charge in [-0.05, 0) is 48.9 Å². The molecule has 226 valence electrons. The van der Waals surface area contributed by atoms with Crippen molar-refractivity contribution in [1.82, 2.24) is 21.0 Å². The number of thiophene rings is 1. The fourth-order valence-electron chi connectivity index (χ4n) is 4.54. The minimum atomic E-state index is -0.720. The second-order valence-corrected chi connectivity index (χ2v) is 10.8. The molecule has 3 aromatic rings. The van der Waals surface area contributed by atoms with Crippen molar-refractivity contribution in [1.29, 1.82) is 5.41 Å². The number of hydroxylamine groups is 1. The van der Waals surface area contributed by atoms with Crippen LogP contribution in [0.25, 0.3) is 0 Å². The Balaban J connectivity index is 1.30. The Bertz CT molecular complexity index is 1440. The van der Waals surface area contributed by atoms with Gasteiger partial charge in [0, 0.05) is 47.9 Å². The topological polar surface area (TPSA) is 159 Å². The molecule has 4 N–H and O–H groups in total. The highest BCUT2D eigenvalue weighted by Gasteiger charge is 2.39. The number of amides is 3. The number of nitrogens with one attached hydrogen (secondary N) is 4. The molecule has 0 spiro atoms. The normalized spacial score (nSPS) is 15.8. The molecule has 0 aliphatic carbocycles. The quantitative estimate of drug-likeness (QED) is 0.147. The van der Waals surface area contributed by atoms with Crippen LogP contribution in [0.2, 0.25) is 0 Å². The monoisotopic (exact) mass is 607 g/mol. The van der Waals surface area contributed by atoms with Crippen molar-refractivity contribution in [2.45, 2.75) is 25.9 Å². The van der Waals surface area contributed by atoms with Gasteiger partial charge in [0.05, 0.1) is 19.7 Å². The van der Waals surface area contributed by atoms with Crippen molar-refractivity contribution in [3.63, 3.8) is 0 Å². The van der Waals surface area contributed by atoms with Crippen molar-refractivity contribution >= 4 is 40.9 Å². The standard InChI is InChI=1S/C30H33N5O7S/c1-19(36)42-34-28(31)22-13-25(43-18-22)14-32-30(39)26-12-20(17-40-2)16-35(26)27(37)15-33-29(38)21-8-10-24(11-9-21)41-23-6-4-3-5-7-23/h3-11,13,18,20,26H,12,14-17H2,1-2H3,(H2,31,34)(H,32,39)(H,33,38)/t20-,26-/m0/s1. The summed E-state index contributed by atoms with van der Waals surface area (Å²) in [5, 5.41) is 15.2. The number of benzene rings is 2. The Morgan fingerprint density at radius 3 is 2.42 bits per heavy atom. The van der Waals surface area contributed by atoms with E-state index in [4.69, 9.17) is 14.9 Å². The Morgan fingerprint density at radius 1 is 1.00 bits per heavy atom. The van der Waals surface area contributed by atoms with Crippen LogP contribution in [0.3, 0.4) is 0 Å². The predicted octanol–water partition coefficient (Wildman–Crippen LogP) is 2.84. The summed E-state index contributed by atoms with van der Waals surface area (Å²) >= 11 is 1.33. The zero-order valence-corrected chi connectivity index (χ0v) is 24.6. The summed E-state index contributed by atoms with van der Waals surface area (Å²) < 4.78 is 11.0. The molecule has 1 aliphatic rings. The van der Waals surface area contributed by atoms with Crippen LogP contribution in [-0.4, -0.2) is 67.3 Å². The van der Waals surface area contributed by atoms with Gasteiger partial charge in [0.15, 0.2) is 5.84 Å². The van der Waals surface area contributed by atoms with E-state index in [1.165, 1.54) is 23.2 Å². The Labute approximate surface area is 252 Å². The maximum Gasteiger partial charge on any atom is 0.329 e. The van der Waals surface area contributed by atoms with E-state index in [9.17, 15) is 19.2 Å². The fourth-order valence-corrected chi connectivity index (χ4v) is 5.36. The van der Waals surface area contributed by atoms with E-state index >= 15 is 0 Å². The second kappa shape index (κ2) is 14.9. The molecule has 1 aliphatic heterocycles. The molecule has 0 bridgehead atoms. The van der Waals surface area contributed by atoms with Crippen LogP contribution in [0.15, 0.2) is 66.0 Å². The highest BCUT2D eigenvalue weighted by atomic mass is 32.1. The first kappa shape index (κ1) is 31.2. The Hall–Kier alpha value is -4.75. The van der Waals surface area contributed by atoms with E-state index in [-0.39, 0.29) is 36.7 Å². The summed E-state index contributed by atoms with van der Waals surface area (Å²) in [6.45, 7) is 1.87. The summed E-state index contributed by atoms with van der Waals surface area (Å²) in [5.41, 5.74) is 3.13. The lowest BCUT2D eigenvalue weighted by molar-refractivity contribution is -0.145. The van der Waals surface area contributed by atoms with Gasteiger partial charge in [-0.2, -0.15) is 0 Å². The molecule has 3 amide bonds. The second-order valence-electron chi connectivity index (χ2n) is 9.83. The number of methoxy groups -OCH3 is 1. The van der Waals surface area contributed by atoms with Crippen LogP contribution in [-0.2, 0) is 30.5 Å². The summed E-state index contributed by atoms with van der Waals surface area (Å²) in [6, 6.07) is 16.8. The average Bonchev–Trinajstić information content (AvgIpc) is 3.66. The highest BCUT2D eigenvalue weighted by Crippen LogP contribution is 2.25. The molecule has 1 saturated heterocycles. The maximum absolute atomic E-state index is 13.2. The van der Waals surface area contributed by atoms with Crippen molar-refractivity contribution in [2.24, 2.45) is 5.92 Å². The number of para-hydroxylation sites is 1. The molecule has 2 heterocycles. The number of ether oxygens (including phenoxy) is 2. The largest absolute Gasteiger partial charge is 0.457 e. The molecule has 0 saturated carbocycles. The third-order valence-electron chi connectivity index (χ3n) is 6.58.